The third kappa shape index (κ3) is 15.5. The first-order valence-corrected chi connectivity index (χ1v) is 9.51. The molecule has 0 bridgehead atoms. The summed E-state index contributed by atoms with van der Waals surface area (Å²) < 4.78 is 5.34. The normalized spacial score (nSPS) is 13.4. The average molecular weight is 337 g/mol. The van der Waals surface area contributed by atoms with Crippen LogP contribution in [-0.2, 0) is 9.53 Å². The average Bonchev–Trinajstić information content (AvgIpc) is 2.57. The van der Waals surface area contributed by atoms with Crippen molar-refractivity contribution in [1.29, 1.82) is 0 Å². The zero-order chi connectivity index (χ0) is 17.9. The Morgan fingerprint density at radius 2 is 1.54 bits per heavy atom. The molecule has 1 N–H and O–H groups in total. The van der Waals surface area contributed by atoms with Crippen LogP contribution in [0.15, 0.2) is 36.5 Å². The molecule has 0 aliphatic rings. The first-order chi connectivity index (χ1) is 11.7. The fraction of sp³-hybridized carbons (Fsp3) is 0.667. The van der Waals surface area contributed by atoms with E-state index in [9.17, 15) is 4.79 Å². The first-order valence-electron chi connectivity index (χ1n) is 9.51. The van der Waals surface area contributed by atoms with Crippen LogP contribution in [0.5, 0.6) is 0 Å². The van der Waals surface area contributed by atoms with Gasteiger partial charge in [-0.3, -0.25) is 0 Å². The highest BCUT2D eigenvalue weighted by atomic mass is 16.5. The number of carbonyl (C=O) groups is 1. The molecular formula is C21H36O3. The second-order valence-electron chi connectivity index (χ2n) is 5.98. The van der Waals surface area contributed by atoms with E-state index in [1.165, 1.54) is 6.42 Å². The molecule has 0 aromatic rings. The Kier molecular flexibility index (Phi) is 17.0. The van der Waals surface area contributed by atoms with Crippen LogP contribution in [0.1, 0.15) is 78.1 Å². The maximum atomic E-state index is 11.0. The van der Waals surface area contributed by atoms with E-state index in [-0.39, 0.29) is 0 Å². The number of ether oxygens (including phenoxy) is 1. The highest BCUT2D eigenvalue weighted by molar-refractivity contribution is 5.72. The lowest BCUT2D eigenvalue weighted by atomic mass is 10.1. The van der Waals surface area contributed by atoms with Crippen molar-refractivity contribution in [2.75, 3.05) is 6.61 Å². The van der Waals surface area contributed by atoms with Crippen LogP contribution in [0.4, 0.5) is 0 Å². The Balaban J connectivity index is 3.50. The van der Waals surface area contributed by atoms with Crippen molar-refractivity contribution in [3.05, 3.63) is 36.5 Å². The maximum absolute atomic E-state index is 11.0. The standard InChI is InChI=1S/C21H36O3/c1-3-5-6-7-8-9-10-11-12-13-14-15-16-17-18-20(21(22)23)24-19-4-2/h5-6,8-9,11-12,20H,3-4,7,10,13-19H2,1-2H3,(H,22,23). The molecule has 0 aromatic carbocycles. The smallest absolute Gasteiger partial charge is 0.332 e. The van der Waals surface area contributed by atoms with Crippen LogP contribution in [0.3, 0.4) is 0 Å². The van der Waals surface area contributed by atoms with Gasteiger partial charge in [-0.05, 0) is 44.9 Å². The first kappa shape index (κ1) is 22.6. The van der Waals surface area contributed by atoms with Crippen molar-refractivity contribution in [2.45, 2.75) is 84.2 Å². The Morgan fingerprint density at radius 3 is 2.17 bits per heavy atom. The second-order valence-corrected chi connectivity index (χ2v) is 5.98. The van der Waals surface area contributed by atoms with Crippen LogP contribution < -0.4 is 0 Å². The predicted octanol–water partition coefficient (Wildman–Crippen LogP) is 6.07. The molecule has 0 spiro atoms. The largest absolute Gasteiger partial charge is 0.479 e. The molecule has 0 fully saturated rings. The van der Waals surface area contributed by atoms with Gasteiger partial charge in [0.15, 0.2) is 6.10 Å². The number of aliphatic carboxylic acids is 1. The molecule has 0 amide bonds. The van der Waals surface area contributed by atoms with Crippen LogP contribution in [0.25, 0.3) is 0 Å². The summed E-state index contributed by atoms with van der Waals surface area (Å²) >= 11 is 0. The van der Waals surface area contributed by atoms with Gasteiger partial charge in [-0.15, -0.1) is 0 Å². The summed E-state index contributed by atoms with van der Waals surface area (Å²) in [7, 11) is 0. The minimum atomic E-state index is -0.829. The van der Waals surface area contributed by atoms with E-state index in [2.05, 4.69) is 43.4 Å². The summed E-state index contributed by atoms with van der Waals surface area (Å²) in [6.45, 7) is 4.67. The predicted molar refractivity (Wildman–Crippen MR) is 102 cm³/mol. The molecule has 3 nitrogen and oxygen atoms in total. The van der Waals surface area contributed by atoms with E-state index in [1.54, 1.807) is 0 Å². The molecule has 138 valence electrons. The fourth-order valence-corrected chi connectivity index (χ4v) is 2.31. The number of rotatable bonds is 16. The van der Waals surface area contributed by atoms with E-state index in [1.807, 2.05) is 6.92 Å². The Bertz CT molecular complexity index is 369. The van der Waals surface area contributed by atoms with Gasteiger partial charge in [0.25, 0.3) is 0 Å². The lowest BCUT2D eigenvalue weighted by Gasteiger charge is -2.12. The molecule has 0 rings (SSSR count). The summed E-state index contributed by atoms with van der Waals surface area (Å²) in [6, 6.07) is 0. The molecule has 0 saturated carbocycles. The van der Waals surface area contributed by atoms with E-state index in [0.29, 0.717) is 13.0 Å². The van der Waals surface area contributed by atoms with Gasteiger partial charge in [0.1, 0.15) is 0 Å². The summed E-state index contributed by atoms with van der Waals surface area (Å²) in [4.78, 5) is 11.0. The number of hydrogen-bond acceptors (Lipinski definition) is 2. The van der Waals surface area contributed by atoms with Gasteiger partial charge in [0.05, 0.1) is 0 Å². The van der Waals surface area contributed by atoms with E-state index >= 15 is 0 Å². The third-order valence-electron chi connectivity index (χ3n) is 3.67. The molecule has 0 aliphatic carbocycles. The number of allylic oxidation sites excluding steroid dienone is 6. The Labute approximate surface area is 148 Å². The van der Waals surface area contributed by atoms with Crippen LogP contribution in [0, 0.1) is 0 Å². The zero-order valence-corrected chi connectivity index (χ0v) is 15.6. The van der Waals surface area contributed by atoms with Crippen LogP contribution in [0.2, 0.25) is 0 Å². The van der Waals surface area contributed by atoms with Gasteiger partial charge in [-0.2, -0.15) is 0 Å². The van der Waals surface area contributed by atoms with Gasteiger partial charge in [-0.1, -0.05) is 69.6 Å². The van der Waals surface area contributed by atoms with Gasteiger partial charge in [-0.25, -0.2) is 4.79 Å². The summed E-state index contributed by atoms with van der Waals surface area (Å²) in [5, 5.41) is 9.06. The molecule has 1 atom stereocenters. The number of carboxylic acid groups (broad SMARTS) is 1. The van der Waals surface area contributed by atoms with E-state index in [4.69, 9.17) is 9.84 Å². The highest BCUT2D eigenvalue weighted by Gasteiger charge is 2.16. The molecule has 0 radical (unpaired) electrons. The SMILES string of the molecule is CCC=CCC=CCC=CCCCCCCC(OCCC)C(=O)O. The minimum Gasteiger partial charge on any atom is -0.479 e. The van der Waals surface area contributed by atoms with Crippen molar-refractivity contribution in [2.24, 2.45) is 0 Å². The quantitative estimate of drug-likeness (QED) is 0.275. The Morgan fingerprint density at radius 1 is 0.917 bits per heavy atom. The summed E-state index contributed by atoms with van der Waals surface area (Å²) in [5.74, 6) is -0.829. The lowest BCUT2D eigenvalue weighted by Crippen LogP contribution is -2.24. The molecule has 0 aromatic heterocycles. The number of hydrogen-bond donors (Lipinski definition) is 1. The maximum Gasteiger partial charge on any atom is 0.332 e. The highest BCUT2D eigenvalue weighted by Crippen LogP contribution is 2.10. The molecule has 0 aliphatic heterocycles. The van der Waals surface area contributed by atoms with Crippen molar-refractivity contribution in [3.8, 4) is 0 Å². The van der Waals surface area contributed by atoms with Crippen molar-refractivity contribution < 1.29 is 14.6 Å². The fourth-order valence-electron chi connectivity index (χ4n) is 2.31. The molecule has 0 heterocycles. The molecule has 0 saturated heterocycles. The number of carboxylic acids is 1. The van der Waals surface area contributed by atoms with Crippen molar-refractivity contribution >= 4 is 5.97 Å². The molecule has 3 heteroatoms. The van der Waals surface area contributed by atoms with E-state index in [0.717, 1.165) is 51.4 Å². The minimum absolute atomic E-state index is 0.533. The van der Waals surface area contributed by atoms with Crippen LogP contribution >= 0.6 is 0 Å². The third-order valence-corrected chi connectivity index (χ3v) is 3.67. The van der Waals surface area contributed by atoms with Gasteiger partial charge in [0.2, 0.25) is 0 Å². The van der Waals surface area contributed by atoms with Crippen molar-refractivity contribution in [1.82, 2.24) is 0 Å². The molecular weight excluding hydrogens is 300 g/mol. The topological polar surface area (TPSA) is 46.5 Å². The van der Waals surface area contributed by atoms with Crippen LogP contribution in [-0.4, -0.2) is 23.8 Å². The van der Waals surface area contributed by atoms with Crippen molar-refractivity contribution in [3.63, 3.8) is 0 Å². The summed E-state index contributed by atoms with van der Waals surface area (Å²) in [5.41, 5.74) is 0. The van der Waals surface area contributed by atoms with Gasteiger partial charge >= 0.3 is 5.97 Å². The Hall–Kier alpha value is -1.35. The second kappa shape index (κ2) is 18.0. The van der Waals surface area contributed by atoms with Gasteiger partial charge < -0.3 is 9.84 Å². The molecule has 1 unspecified atom stereocenters. The lowest BCUT2D eigenvalue weighted by molar-refractivity contribution is -0.150. The summed E-state index contributed by atoms with van der Waals surface area (Å²) in [6.07, 6.45) is 22.7. The monoisotopic (exact) mass is 336 g/mol. The van der Waals surface area contributed by atoms with Gasteiger partial charge in [0, 0.05) is 6.61 Å². The van der Waals surface area contributed by atoms with E-state index < -0.39 is 12.1 Å². The zero-order valence-electron chi connectivity index (χ0n) is 15.6. The molecule has 24 heavy (non-hydrogen) atoms. The number of unbranched alkanes of at least 4 members (excludes halogenated alkanes) is 4.